The Kier molecular flexibility index (Phi) is 4.44. The molecule has 0 bridgehead atoms. The zero-order chi connectivity index (χ0) is 13.0. The van der Waals surface area contributed by atoms with Gasteiger partial charge in [-0.3, -0.25) is 0 Å². The van der Waals surface area contributed by atoms with Crippen LogP contribution < -0.4 is 5.32 Å². The Bertz CT molecular complexity index is 522. The molecular formula is C14H17FN2S. The van der Waals surface area contributed by atoms with Gasteiger partial charge in [0.25, 0.3) is 0 Å². The molecule has 1 heterocycles. The number of aryl methyl sites for hydroxylation is 1. The lowest BCUT2D eigenvalue weighted by Crippen LogP contribution is -2.12. The van der Waals surface area contributed by atoms with Gasteiger partial charge >= 0.3 is 0 Å². The molecule has 0 aliphatic carbocycles. The maximum atomic E-state index is 13.3. The summed E-state index contributed by atoms with van der Waals surface area (Å²) in [7, 11) is 0. The normalized spacial score (nSPS) is 10.8. The topological polar surface area (TPSA) is 24.9 Å². The largest absolute Gasteiger partial charge is 0.312 e. The van der Waals surface area contributed by atoms with Crippen molar-refractivity contribution in [3.8, 4) is 10.6 Å². The summed E-state index contributed by atoms with van der Waals surface area (Å²) in [6.45, 7) is 5.96. The van der Waals surface area contributed by atoms with Crippen LogP contribution in [0.4, 0.5) is 4.39 Å². The highest BCUT2D eigenvalue weighted by atomic mass is 32.1. The van der Waals surface area contributed by atoms with E-state index in [1.807, 2.05) is 13.1 Å². The van der Waals surface area contributed by atoms with Crippen LogP contribution in [0.3, 0.4) is 0 Å². The lowest BCUT2D eigenvalue weighted by molar-refractivity contribution is 0.628. The first-order chi connectivity index (χ1) is 8.70. The molecule has 0 saturated heterocycles. The number of nitrogens with zero attached hydrogens (tertiary/aromatic N) is 1. The Morgan fingerprint density at radius 2 is 2.22 bits per heavy atom. The lowest BCUT2D eigenvalue weighted by atomic mass is 10.1. The molecule has 0 radical (unpaired) electrons. The second kappa shape index (κ2) is 6.07. The molecule has 96 valence electrons. The Morgan fingerprint density at radius 3 is 3.00 bits per heavy atom. The maximum Gasteiger partial charge on any atom is 0.123 e. The van der Waals surface area contributed by atoms with E-state index in [-0.39, 0.29) is 5.82 Å². The van der Waals surface area contributed by atoms with Crippen LogP contribution in [0.5, 0.6) is 0 Å². The summed E-state index contributed by atoms with van der Waals surface area (Å²) >= 11 is 1.62. The second-order valence-corrected chi connectivity index (χ2v) is 5.38. The number of rotatable bonds is 5. The van der Waals surface area contributed by atoms with Gasteiger partial charge in [0.1, 0.15) is 10.8 Å². The molecule has 0 aliphatic rings. The van der Waals surface area contributed by atoms with Crippen LogP contribution in [0.15, 0.2) is 24.4 Å². The van der Waals surface area contributed by atoms with Gasteiger partial charge in [-0.1, -0.05) is 13.0 Å². The predicted octanol–water partition coefficient (Wildman–Crippen LogP) is 3.76. The van der Waals surface area contributed by atoms with E-state index in [9.17, 15) is 4.39 Å². The van der Waals surface area contributed by atoms with Crippen molar-refractivity contribution < 1.29 is 4.39 Å². The fourth-order valence-corrected chi connectivity index (χ4v) is 2.69. The highest BCUT2D eigenvalue weighted by molar-refractivity contribution is 7.15. The molecule has 1 aromatic heterocycles. The molecule has 0 unspecified atom stereocenters. The van der Waals surface area contributed by atoms with Crippen molar-refractivity contribution in [2.45, 2.75) is 26.8 Å². The summed E-state index contributed by atoms with van der Waals surface area (Å²) in [4.78, 5) is 5.56. The van der Waals surface area contributed by atoms with E-state index < -0.39 is 0 Å². The second-order valence-electron chi connectivity index (χ2n) is 4.27. The van der Waals surface area contributed by atoms with Gasteiger partial charge in [0.2, 0.25) is 0 Å². The van der Waals surface area contributed by atoms with Crippen LogP contribution in [-0.2, 0) is 6.54 Å². The van der Waals surface area contributed by atoms with Crippen molar-refractivity contribution in [2.24, 2.45) is 0 Å². The van der Waals surface area contributed by atoms with Gasteiger partial charge in [-0.05, 0) is 37.6 Å². The van der Waals surface area contributed by atoms with Crippen molar-refractivity contribution in [1.29, 1.82) is 0 Å². The Morgan fingerprint density at radius 1 is 1.39 bits per heavy atom. The summed E-state index contributed by atoms with van der Waals surface area (Å²) in [6, 6.07) is 4.83. The maximum absolute atomic E-state index is 13.3. The molecule has 0 amide bonds. The zero-order valence-electron chi connectivity index (χ0n) is 10.7. The smallest absolute Gasteiger partial charge is 0.123 e. The van der Waals surface area contributed by atoms with Gasteiger partial charge in [0.05, 0.1) is 0 Å². The molecule has 0 fully saturated rings. The first-order valence-corrected chi connectivity index (χ1v) is 6.94. The Labute approximate surface area is 111 Å². The average molecular weight is 264 g/mol. The average Bonchev–Trinajstić information content (AvgIpc) is 2.81. The minimum Gasteiger partial charge on any atom is -0.312 e. The van der Waals surface area contributed by atoms with Gasteiger partial charge in [0.15, 0.2) is 0 Å². The monoisotopic (exact) mass is 264 g/mol. The molecule has 2 nitrogen and oxygen atoms in total. The predicted molar refractivity (Wildman–Crippen MR) is 74.2 cm³/mol. The number of hydrogen-bond donors (Lipinski definition) is 1. The number of benzene rings is 1. The molecule has 2 aromatic rings. The van der Waals surface area contributed by atoms with Crippen LogP contribution in [0.25, 0.3) is 10.6 Å². The van der Waals surface area contributed by atoms with E-state index in [1.165, 1.54) is 10.9 Å². The number of nitrogens with one attached hydrogen (secondary N) is 1. The van der Waals surface area contributed by atoms with Gasteiger partial charge in [-0.25, -0.2) is 9.37 Å². The first-order valence-electron chi connectivity index (χ1n) is 6.12. The van der Waals surface area contributed by atoms with Crippen molar-refractivity contribution in [2.75, 3.05) is 6.54 Å². The third-order valence-corrected chi connectivity index (χ3v) is 3.74. The summed E-state index contributed by atoms with van der Waals surface area (Å²) in [5, 5.41) is 4.23. The molecule has 0 saturated carbocycles. The molecule has 1 aromatic carbocycles. The Hall–Kier alpha value is -1.26. The van der Waals surface area contributed by atoms with Crippen LogP contribution >= 0.6 is 11.3 Å². The quantitative estimate of drug-likeness (QED) is 0.832. The van der Waals surface area contributed by atoms with Crippen LogP contribution in [-0.4, -0.2) is 11.5 Å². The molecule has 0 atom stereocenters. The SMILES string of the molecule is CCCNCc1cnc(-c2cc(F)ccc2C)s1. The first kappa shape index (κ1) is 13.2. The standard InChI is InChI=1S/C14H17FN2S/c1-3-6-16-8-12-9-17-14(18-12)13-7-11(15)5-4-10(13)2/h4-5,7,9,16H,3,6,8H2,1-2H3. The fourth-order valence-electron chi connectivity index (χ4n) is 1.73. The van der Waals surface area contributed by atoms with Gasteiger partial charge in [0, 0.05) is 23.2 Å². The van der Waals surface area contributed by atoms with Crippen molar-refractivity contribution >= 4 is 11.3 Å². The highest BCUT2D eigenvalue weighted by Crippen LogP contribution is 2.28. The molecule has 4 heteroatoms. The summed E-state index contributed by atoms with van der Waals surface area (Å²) in [5.74, 6) is -0.212. The van der Waals surface area contributed by atoms with E-state index in [1.54, 1.807) is 23.5 Å². The van der Waals surface area contributed by atoms with Crippen LogP contribution in [0.1, 0.15) is 23.8 Å². The van der Waals surface area contributed by atoms with E-state index >= 15 is 0 Å². The van der Waals surface area contributed by atoms with Gasteiger partial charge in [-0.2, -0.15) is 0 Å². The number of halogens is 1. The minimum absolute atomic E-state index is 0.212. The number of hydrogen-bond acceptors (Lipinski definition) is 3. The fraction of sp³-hybridized carbons (Fsp3) is 0.357. The molecule has 1 N–H and O–H groups in total. The third-order valence-electron chi connectivity index (χ3n) is 2.71. The van der Waals surface area contributed by atoms with E-state index in [4.69, 9.17) is 0 Å². The third kappa shape index (κ3) is 3.15. The summed E-state index contributed by atoms with van der Waals surface area (Å²) < 4.78 is 13.3. The lowest BCUT2D eigenvalue weighted by Gasteiger charge is -2.01. The Balaban J connectivity index is 2.16. The summed E-state index contributed by atoms with van der Waals surface area (Å²) in [6.07, 6.45) is 2.99. The van der Waals surface area contributed by atoms with Crippen molar-refractivity contribution in [1.82, 2.24) is 10.3 Å². The number of thiazole rings is 1. The van der Waals surface area contributed by atoms with Gasteiger partial charge < -0.3 is 5.32 Å². The highest BCUT2D eigenvalue weighted by Gasteiger charge is 2.08. The number of aromatic nitrogens is 1. The molecule has 0 aliphatic heterocycles. The zero-order valence-corrected chi connectivity index (χ0v) is 11.5. The van der Waals surface area contributed by atoms with Crippen molar-refractivity contribution in [3.63, 3.8) is 0 Å². The molecule has 0 spiro atoms. The minimum atomic E-state index is -0.212. The van der Waals surface area contributed by atoms with Crippen LogP contribution in [0.2, 0.25) is 0 Å². The van der Waals surface area contributed by atoms with E-state index in [2.05, 4.69) is 17.2 Å². The summed E-state index contributed by atoms with van der Waals surface area (Å²) in [5.41, 5.74) is 1.94. The van der Waals surface area contributed by atoms with Crippen LogP contribution in [0, 0.1) is 12.7 Å². The molecule has 18 heavy (non-hydrogen) atoms. The molecular weight excluding hydrogens is 247 g/mol. The van der Waals surface area contributed by atoms with Gasteiger partial charge in [-0.15, -0.1) is 11.3 Å². The van der Waals surface area contributed by atoms with E-state index in [0.717, 1.165) is 35.6 Å². The van der Waals surface area contributed by atoms with E-state index in [0.29, 0.717) is 0 Å². The van der Waals surface area contributed by atoms with Crippen molar-refractivity contribution in [3.05, 3.63) is 40.7 Å². The molecule has 2 rings (SSSR count).